The van der Waals surface area contributed by atoms with E-state index < -0.39 is 0 Å². The van der Waals surface area contributed by atoms with Crippen molar-refractivity contribution in [3.05, 3.63) is 16.9 Å². The van der Waals surface area contributed by atoms with Gasteiger partial charge in [0.25, 0.3) is 0 Å². The predicted octanol–water partition coefficient (Wildman–Crippen LogP) is 2.72. The molecule has 20 heavy (non-hydrogen) atoms. The van der Waals surface area contributed by atoms with Crippen molar-refractivity contribution in [2.75, 3.05) is 27.2 Å². The van der Waals surface area contributed by atoms with E-state index in [1.165, 1.54) is 12.1 Å². The van der Waals surface area contributed by atoms with E-state index >= 15 is 0 Å². The van der Waals surface area contributed by atoms with Gasteiger partial charge in [-0.1, -0.05) is 25.4 Å². The molecule has 1 unspecified atom stereocenters. The van der Waals surface area contributed by atoms with Gasteiger partial charge in [-0.15, -0.1) is 0 Å². The van der Waals surface area contributed by atoms with E-state index in [9.17, 15) is 0 Å². The Balaban J connectivity index is 2.30. The van der Waals surface area contributed by atoms with Crippen LogP contribution in [0.15, 0.2) is 6.20 Å². The van der Waals surface area contributed by atoms with Crippen molar-refractivity contribution in [3.8, 4) is 0 Å². The molecule has 1 aromatic rings. The van der Waals surface area contributed by atoms with E-state index in [2.05, 4.69) is 47.9 Å². The topological polar surface area (TPSA) is 33.1 Å². The first kappa shape index (κ1) is 15.8. The number of hydrogen-bond donors (Lipinski definition) is 1. The maximum atomic E-state index is 6.48. The SMILES string of the molecule is CC(C)CC1(c2c(Cl)cnn2CCN(C)C)CCCN1. The first-order chi connectivity index (χ1) is 9.44. The largest absolute Gasteiger partial charge is 0.308 e. The third-order valence-corrected chi connectivity index (χ3v) is 4.28. The average molecular weight is 299 g/mol. The molecule has 1 saturated heterocycles. The molecule has 1 aliphatic rings. The van der Waals surface area contributed by atoms with E-state index in [0.717, 1.165) is 37.5 Å². The van der Waals surface area contributed by atoms with Gasteiger partial charge in [-0.2, -0.15) is 5.10 Å². The van der Waals surface area contributed by atoms with Crippen LogP contribution in [-0.4, -0.2) is 41.9 Å². The van der Waals surface area contributed by atoms with Crippen LogP contribution in [0.4, 0.5) is 0 Å². The summed E-state index contributed by atoms with van der Waals surface area (Å²) in [6, 6.07) is 0. The van der Waals surface area contributed by atoms with Crippen LogP contribution in [0.25, 0.3) is 0 Å². The Bertz CT molecular complexity index is 433. The maximum Gasteiger partial charge on any atom is 0.0837 e. The van der Waals surface area contributed by atoms with Crippen molar-refractivity contribution in [2.24, 2.45) is 5.92 Å². The Labute approximate surface area is 127 Å². The molecule has 0 amide bonds. The summed E-state index contributed by atoms with van der Waals surface area (Å²) < 4.78 is 2.10. The Morgan fingerprint density at radius 2 is 2.25 bits per heavy atom. The van der Waals surface area contributed by atoms with Crippen LogP contribution in [-0.2, 0) is 12.1 Å². The molecule has 0 aromatic carbocycles. The zero-order chi connectivity index (χ0) is 14.8. The van der Waals surface area contributed by atoms with Crippen molar-refractivity contribution in [1.29, 1.82) is 0 Å². The van der Waals surface area contributed by atoms with Gasteiger partial charge in [0.2, 0.25) is 0 Å². The summed E-state index contributed by atoms with van der Waals surface area (Å²) in [5.41, 5.74) is 1.20. The monoisotopic (exact) mass is 298 g/mol. The Morgan fingerprint density at radius 1 is 1.50 bits per heavy atom. The number of hydrogen-bond acceptors (Lipinski definition) is 3. The average Bonchev–Trinajstić information content (AvgIpc) is 2.93. The molecule has 1 N–H and O–H groups in total. The minimum Gasteiger partial charge on any atom is -0.308 e. The standard InChI is InChI=1S/C15H27ClN4/c1-12(2)10-15(6-5-7-17-15)14-13(16)11-18-20(14)9-8-19(3)4/h11-12,17H,5-10H2,1-4H3. The molecule has 0 spiro atoms. The number of halogens is 1. The highest BCUT2D eigenvalue weighted by molar-refractivity contribution is 6.31. The first-order valence-corrected chi connectivity index (χ1v) is 7.94. The summed E-state index contributed by atoms with van der Waals surface area (Å²) in [6.45, 7) is 7.48. The minimum absolute atomic E-state index is 0.00800. The van der Waals surface area contributed by atoms with Crippen molar-refractivity contribution in [1.82, 2.24) is 20.0 Å². The van der Waals surface area contributed by atoms with Gasteiger partial charge in [0, 0.05) is 6.54 Å². The lowest BCUT2D eigenvalue weighted by Crippen LogP contribution is -2.41. The van der Waals surface area contributed by atoms with Crippen molar-refractivity contribution >= 4 is 11.6 Å². The zero-order valence-corrected chi connectivity index (χ0v) is 13.9. The van der Waals surface area contributed by atoms with Gasteiger partial charge in [-0.25, -0.2) is 0 Å². The number of nitrogens with one attached hydrogen (secondary N) is 1. The Kier molecular flexibility index (Phi) is 5.10. The normalized spacial score (nSPS) is 23.1. The summed E-state index contributed by atoms with van der Waals surface area (Å²) in [5.74, 6) is 0.633. The highest BCUT2D eigenvalue weighted by Crippen LogP contribution is 2.40. The van der Waals surface area contributed by atoms with Gasteiger partial charge in [0.15, 0.2) is 0 Å². The molecular formula is C15H27ClN4. The van der Waals surface area contributed by atoms with E-state index in [0.29, 0.717) is 5.92 Å². The molecular weight excluding hydrogens is 272 g/mol. The third kappa shape index (κ3) is 3.35. The molecule has 2 rings (SSSR count). The van der Waals surface area contributed by atoms with Crippen LogP contribution < -0.4 is 5.32 Å². The molecule has 1 aliphatic heterocycles. The highest BCUT2D eigenvalue weighted by atomic mass is 35.5. The molecule has 114 valence electrons. The summed E-state index contributed by atoms with van der Waals surface area (Å²) in [4.78, 5) is 2.18. The zero-order valence-electron chi connectivity index (χ0n) is 13.1. The number of rotatable bonds is 6. The summed E-state index contributed by atoms with van der Waals surface area (Å²) in [6.07, 6.45) is 5.27. The van der Waals surface area contributed by atoms with Crippen LogP contribution in [0.3, 0.4) is 0 Å². The molecule has 1 fully saturated rings. The second-order valence-corrected chi connectivity index (χ2v) is 6.99. The molecule has 2 heterocycles. The van der Waals surface area contributed by atoms with Crippen LogP contribution in [0.1, 0.15) is 38.8 Å². The van der Waals surface area contributed by atoms with Crippen molar-refractivity contribution in [3.63, 3.8) is 0 Å². The molecule has 1 aromatic heterocycles. The van der Waals surface area contributed by atoms with Crippen LogP contribution in [0.5, 0.6) is 0 Å². The Hall–Kier alpha value is -0.580. The predicted molar refractivity (Wildman–Crippen MR) is 84.2 cm³/mol. The third-order valence-electron chi connectivity index (χ3n) is 4.01. The van der Waals surface area contributed by atoms with Gasteiger partial charge in [-0.3, -0.25) is 4.68 Å². The van der Waals surface area contributed by atoms with E-state index in [1.807, 2.05) is 0 Å². The lowest BCUT2D eigenvalue weighted by atomic mass is 9.84. The quantitative estimate of drug-likeness (QED) is 0.876. The molecule has 1 atom stereocenters. The smallest absolute Gasteiger partial charge is 0.0837 e. The molecule has 0 bridgehead atoms. The first-order valence-electron chi connectivity index (χ1n) is 7.56. The summed E-state index contributed by atoms with van der Waals surface area (Å²) >= 11 is 6.48. The van der Waals surface area contributed by atoms with Crippen molar-refractivity contribution in [2.45, 2.75) is 45.2 Å². The van der Waals surface area contributed by atoms with Gasteiger partial charge < -0.3 is 10.2 Å². The summed E-state index contributed by atoms with van der Waals surface area (Å²) in [7, 11) is 4.17. The maximum absolute atomic E-state index is 6.48. The van der Waals surface area contributed by atoms with E-state index in [-0.39, 0.29) is 5.54 Å². The molecule has 0 aliphatic carbocycles. The minimum atomic E-state index is 0.00800. The van der Waals surface area contributed by atoms with Crippen LogP contribution in [0, 0.1) is 5.92 Å². The summed E-state index contributed by atoms with van der Waals surface area (Å²) in [5, 5.41) is 9.02. The van der Waals surface area contributed by atoms with Gasteiger partial charge in [0.1, 0.15) is 0 Å². The van der Waals surface area contributed by atoms with Gasteiger partial charge in [0.05, 0.1) is 29.0 Å². The second kappa shape index (κ2) is 6.46. The van der Waals surface area contributed by atoms with Gasteiger partial charge >= 0.3 is 0 Å². The van der Waals surface area contributed by atoms with Crippen molar-refractivity contribution < 1.29 is 0 Å². The molecule has 0 radical (unpaired) electrons. The second-order valence-electron chi connectivity index (χ2n) is 6.58. The fourth-order valence-electron chi connectivity index (χ4n) is 3.28. The fourth-order valence-corrected chi connectivity index (χ4v) is 3.60. The Morgan fingerprint density at radius 3 is 2.80 bits per heavy atom. The van der Waals surface area contributed by atoms with Crippen LogP contribution in [0.2, 0.25) is 5.02 Å². The lowest BCUT2D eigenvalue weighted by molar-refractivity contribution is 0.279. The number of likely N-dealkylation sites (N-methyl/N-ethyl adjacent to an activating group) is 1. The highest BCUT2D eigenvalue weighted by Gasteiger charge is 2.40. The fraction of sp³-hybridized carbons (Fsp3) is 0.800. The number of aromatic nitrogens is 2. The van der Waals surface area contributed by atoms with E-state index in [4.69, 9.17) is 11.6 Å². The number of nitrogens with zero attached hydrogens (tertiary/aromatic N) is 3. The molecule has 0 saturated carbocycles. The van der Waals surface area contributed by atoms with Gasteiger partial charge in [-0.05, 0) is 45.8 Å². The molecule has 4 nitrogen and oxygen atoms in total. The van der Waals surface area contributed by atoms with Crippen LogP contribution >= 0.6 is 11.6 Å². The molecule has 5 heteroatoms. The lowest BCUT2D eigenvalue weighted by Gasteiger charge is -2.33. The van der Waals surface area contributed by atoms with E-state index in [1.54, 1.807) is 6.20 Å².